The zero-order valence-corrected chi connectivity index (χ0v) is 8.27. The van der Waals surface area contributed by atoms with Crippen molar-refractivity contribution in [2.75, 3.05) is 7.05 Å². The number of rotatable bonds is 3. The van der Waals surface area contributed by atoms with E-state index in [-0.39, 0.29) is 11.4 Å². The summed E-state index contributed by atoms with van der Waals surface area (Å²) in [4.78, 5) is 10.9. The van der Waals surface area contributed by atoms with Crippen molar-refractivity contribution in [1.29, 1.82) is 0 Å². The molecule has 0 spiro atoms. The average molecular weight is 170 g/mol. The van der Waals surface area contributed by atoms with Crippen molar-refractivity contribution < 1.29 is 4.79 Å². The molecule has 0 aromatic heterocycles. The normalized spacial score (nSPS) is 12.9. The lowest BCUT2D eigenvalue weighted by Crippen LogP contribution is -2.32. The van der Waals surface area contributed by atoms with Gasteiger partial charge in [-0.1, -0.05) is 5.57 Å². The Morgan fingerprint density at radius 2 is 2.08 bits per heavy atom. The first kappa shape index (κ1) is 11.2. The zero-order valence-electron chi connectivity index (χ0n) is 8.27. The summed E-state index contributed by atoms with van der Waals surface area (Å²) in [5, 5.41) is 2.53. The summed E-state index contributed by atoms with van der Waals surface area (Å²) in [5.41, 5.74) is 6.54. The smallest absolute Gasteiger partial charge is 0.243 e. The molecular weight excluding hydrogens is 152 g/mol. The van der Waals surface area contributed by atoms with Gasteiger partial charge in [-0.3, -0.25) is 4.79 Å². The van der Waals surface area contributed by atoms with Gasteiger partial charge in [0, 0.05) is 18.7 Å². The van der Waals surface area contributed by atoms with E-state index in [0.717, 1.165) is 12.0 Å². The molecule has 0 aliphatic heterocycles. The summed E-state index contributed by atoms with van der Waals surface area (Å²) in [6.45, 7) is 5.78. The Bertz CT molecular complexity index is 189. The van der Waals surface area contributed by atoms with Crippen LogP contribution in [0.3, 0.4) is 0 Å². The molecule has 0 rings (SSSR count). The summed E-state index contributed by atoms with van der Waals surface area (Å²) in [6, 6.07) is 0. The molecule has 3 heteroatoms. The molecule has 0 bridgehead atoms. The maximum atomic E-state index is 10.9. The fraction of sp³-hybridized carbons (Fsp3) is 0.667. The average Bonchev–Trinajstić information content (AvgIpc) is 1.82. The first-order valence-corrected chi connectivity index (χ1v) is 4.03. The summed E-state index contributed by atoms with van der Waals surface area (Å²) in [6.07, 6.45) is 2.31. The van der Waals surface area contributed by atoms with Crippen molar-refractivity contribution in [3.05, 3.63) is 11.6 Å². The van der Waals surface area contributed by atoms with Crippen LogP contribution in [0.4, 0.5) is 0 Å². The highest BCUT2D eigenvalue weighted by molar-refractivity contribution is 5.87. The van der Waals surface area contributed by atoms with Crippen LogP contribution >= 0.6 is 0 Å². The van der Waals surface area contributed by atoms with E-state index in [1.807, 2.05) is 20.8 Å². The summed E-state index contributed by atoms with van der Waals surface area (Å²) < 4.78 is 0. The highest BCUT2D eigenvalue weighted by atomic mass is 16.1. The van der Waals surface area contributed by atoms with Gasteiger partial charge in [0.2, 0.25) is 5.91 Å². The molecule has 0 atom stereocenters. The molecule has 0 aliphatic rings. The predicted octanol–water partition coefficient (Wildman–Crippen LogP) is 0.806. The molecule has 0 fully saturated rings. The number of nitrogens with two attached hydrogens (primary N) is 1. The van der Waals surface area contributed by atoms with Crippen LogP contribution in [-0.4, -0.2) is 18.5 Å². The molecule has 12 heavy (non-hydrogen) atoms. The van der Waals surface area contributed by atoms with Crippen LogP contribution in [0.2, 0.25) is 0 Å². The van der Waals surface area contributed by atoms with Crippen LogP contribution in [-0.2, 0) is 4.79 Å². The molecule has 0 radical (unpaired) electrons. The van der Waals surface area contributed by atoms with Crippen molar-refractivity contribution in [3.8, 4) is 0 Å². The van der Waals surface area contributed by atoms with E-state index in [1.54, 1.807) is 13.1 Å². The third kappa shape index (κ3) is 5.92. The van der Waals surface area contributed by atoms with Gasteiger partial charge in [0.1, 0.15) is 0 Å². The van der Waals surface area contributed by atoms with E-state index in [9.17, 15) is 4.79 Å². The summed E-state index contributed by atoms with van der Waals surface area (Å²) in [7, 11) is 1.61. The minimum absolute atomic E-state index is 0.0725. The third-order valence-corrected chi connectivity index (χ3v) is 1.36. The Morgan fingerprint density at radius 3 is 2.42 bits per heavy atom. The molecule has 0 saturated carbocycles. The molecule has 0 aliphatic carbocycles. The standard InChI is InChI=1S/C9H18N2O/c1-7(5-8(12)11-4)6-9(2,3)10/h5H,6,10H2,1-4H3,(H,11,12)/b7-5+. The van der Waals surface area contributed by atoms with Crippen molar-refractivity contribution in [2.24, 2.45) is 5.73 Å². The van der Waals surface area contributed by atoms with Crippen molar-refractivity contribution in [2.45, 2.75) is 32.7 Å². The highest BCUT2D eigenvalue weighted by Gasteiger charge is 2.11. The Hall–Kier alpha value is -0.830. The molecule has 3 N–H and O–H groups in total. The fourth-order valence-electron chi connectivity index (χ4n) is 1.07. The van der Waals surface area contributed by atoms with Crippen molar-refractivity contribution in [1.82, 2.24) is 5.32 Å². The van der Waals surface area contributed by atoms with Gasteiger partial charge in [-0.05, 0) is 27.2 Å². The van der Waals surface area contributed by atoms with E-state index >= 15 is 0 Å². The van der Waals surface area contributed by atoms with E-state index in [0.29, 0.717) is 0 Å². The van der Waals surface area contributed by atoms with Crippen LogP contribution < -0.4 is 11.1 Å². The van der Waals surface area contributed by atoms with E-state index in [1.165, 1.54) is 0 Å². The first-order valence-electron chi connectivity index (χ1n) is 4.03. The van der Waals surface area contributed by atoms with Crippen LogP contribution in [0.5, 0.6) is 0 Å². The van der Waals surface area contributed by atoms with Gasteiger partial charge in [0.05, 0.1) is 0 Å². The topological polar surface area (TPSA) is 55.1 Å². The minimum Gasteiger partial charge on any atom is -0.356 e. The largest absolute Gasteiger partial charge is 0.356 e. The quantitative estimate of drug-likeness (QED) is 0.616. The Balaban J connectivity index is 4.12. The fourth-order valence-corrected chi connectivity index (χ4v) is 1.07. The van der Waals surface area contributed by atoms with Crippen LogP contribution in [0.15, 0.2) is 11.6 Å². The minimum atomic E-state index is -0.241. The first-order chi connectivity index (χ1) is 5.35. The van der Waals surface area contributed by atoms with Gasteiger partial charge < -0.3 is 11.1 Å². The highest BCUT2D eigenvalue weighted by Crippen LogP contribution is 2.11. The molecular formula is C9H18N2O. The Kier molecular flexibility index (Phi) is 3.96. The molecule has 1 amide bonds. The van der Waals surface area contributed by atoms with Crippen molar-refractivity contribution in [3.63, 3.8) is 0 Å². The van der Waals surface area contributed by atoms with Crippen LogP contribution in [0, 0.1) is 0 Å². The molecule has 0 aromatic carbocycles. The van der Waals surface area contributed by atoms with Gasteiger partial charge in [-0.15, -0.1) is 0 Å². The van der Waals surface area contributed by atoms with Gasteiger partial charge >= 0.3 is 0 Å². The number of hydrogen-bond acceptors (Lipinski definition) is 2. The van der Waals surface area contributed by atoms with Gasteiger partial charge in [-0.25, -0.2) is 0 Å². The zero-order chi connectivity index (χ0) is 9.78. The molecule has 0 heterocycles. The second-order valence-corrected chi connectivity index (χ2v) is 3.77. The predicted molar refractivity (Wildman–Crippen MR) is 50.7 cm³/mol. The second-order valence-electron chi connectivity index (χ2n) is 3.77. The number of amides is 1. The van der Waals surface area contributed by atoms with Crippen LogP contribution in [0.1, 0.15) is 27.2 Å². The number of hydrogen-bond donors (Lipinski definition) is 2. The molecule has 70 valence electrons. The van der Waals surface area contributed by atoms with E-state index in [4.69, 9.17) is 5.73 Å². The van der Waals surface area contributed by atoms with Gasteiger partial charge in [0.15, 0.2) is 0 Å². The maximum absolute atomic E-state index is 10.9. The number of carbonyl (C=O) groups is 1. The Morgan fingerprint density at radius 1 is 1.58 bits per heavy atom. The lowest BCUT2D eigenvalue weighted by Gasteiger charge is -2.18. The molecule has 0 aromatic rings. The van der Waals surface area contributed by atoms with E-state index < -0.39 is 0 Å². The van der Waals surface area contributed by atoms with Gasteiger partial charge in [0.25, 0.3) is 0 Å². The lowest BCUT2D eigenvalue weighted by atomic mass is 9.97. The lowest BCUT2D eigenvalue weighted by molar-refractivity contribution is -0.116. The maximum Gasteiger partial charge on any atom is 0.243 e. The molecule has 3 nitrogen and oxygen atoms in total. The van der Waals surface area contributed by atoms with Crippen molar-refractivity contribution >= 4 is 5.91 Å². The van der Waals surface area contributed by atoms with E-state index in [2.05, 4.69) is 5.32 Å². The monoisotopic (exact) mass is 170 g/mol. The summed E-state index contributed by atoms with van der Waals surface area (Å²) in [5.74, 6) is -0.0725. The van der Waals surface area contributed by atoms with Crippen LogP contribution in [0.25, 0.3) is 0 Å². The SMILES string of the molecule is CNC(=O)/C=C(\C)CC(C)(C)N. The molecule has 0 saturated heterocycles. The number of carbonyl (C=O) groups excluding carboxylic acids is 1. The number of nitrogens with one attached hydrogen (secondary N) is 1. The Labute approximate surface area is 74.0 Å². The third-order valence-electron chi connectivity index (χ3n) is 1.36. The number of likely N-dealkylation sites (N-methyl/N-ethyl adjacent to an activating group) is 1. The van der Waals surface area contributed by atoms with Gasteiger partial charge in [-0.2, -0.15) is 0 Å². The summed E-state index contributed by atoms with van der Waals surface area (Å²) >= 11 is 0. The molecule has 0 unspecified atom stereocenters. The second kappa shape index (κ2) is 4.26.